The molecule has 0 fully saturated rings. The van der Waals surface area contributed by atoms with Crippen LogP contribution in [0, 0.1) is 0 Å². The Bertz CT molecular complexity index is 2730. The Morgan fingerprint density at radius 1 is 0.418 bits per heavy atom. The highest BCUT2D eigenvalue weighted by atomic mass is 16.3. The van der Waals surface area contributed by atoms with Gasteiger partial charge in [0.05, 0.1) is 0 Å². The van der Waals surface area contributed by atoms with Gasteiger partial charge >= 0.3 is 0 Å². The third-order valence-corrected chi connectivity index (χ3v) is 11.3. The SMILES string of the molecule is CCCCCCc1cc2c3ccc4oc5ccccc5c4c3c3ccccc3c2c(CCCCCC)c1-c1nc(-c2ccccc2)nc(-c2ccccc2)n1. The molecule has 0 aliphatic heterocycles. The molecule has 4 nitrogen and oxygen atoms in total. The summed E-state index contributed by atoms with van der Waals surface area (Å²) >= 11 is 0. The van der Waals surface area contributed by atoms with Crippen molar-refractivity contribution in [2.24, 2.45) is 0 Å². The lowest BCUT2D eigenvalue weighted by atomic mass is 9.83. The number of benzene rings is 7. The molecule has 0 atom stereocenters. The Labute approximate surface area is 323 Å². The molecule has 55 heavy (non-hydrogen) atoms. The van der Waals surface area contributed by atoms with Crippen molar-refractivity contribution >= 4 is 54.3 Å². The van der Waals surface area contributed by atoms with E-state index in [4.69, 9.17) is 19.4 Å². The van der Waals surface area contributed by atoms with Gasteiger partial charge in [0, 0.05) is 32.8 Å². The molecule has 9 aromatic rings. The predicted molar refractivity (Wildman–Crippen MR) is 232 cm³/mol. The number of aromatic nitrogens is 3. The lowest BCUT2D eigenvalue weighted by Crippen LogP contribution is -2.06. The number of hydrogen-bond donors (Lipinski definition) is 0. The van der Waals surface area contributed by atoms with Gasteiger partial charge < -0.3 is 4.42 Å². The molecule has 0 aliphatic carbocycles. The molecule has 0 saturated carbocycles. The van der Waals surface area contributed by atoms with E-state index in [-0.39, 0.29) is 0 Å². The number of fused-ring (bicyclic) bond motifs is 10. The van der Waals surface area contributed by atoms with E-state index in [9.17, 15) is 0 Å². The van der Waals surface area contributed by atoms with Crippen LogP contribution in [-0.2, 0) is 12.8 Å². The fourth-order valence-corrected chi connectivity index (χ4v) is 8.68. The van der Waals surface area contributed by atoms with Gasteiger partial charge in [0.15, 0.2) is 17.5 Å². The van der Waals surface area contributed by atoms with Crippen LogP contribution in [0.3, 0.4) is 0 Å². The van der Waals surface area contributed by atoms with E-state index in [1.165, 1.54) is 92.9 Å². The molecule has 0 aliphatic rings. The summed E-state index contributed by atoms with van der Waals surface area (Å²) in [6.07, 6.45) is 11.4. The van der Waals surface area contributed by atoms with Gasteiger partial charge in [0.1, 0.15) is 11.2 Å². The number of rotatable bonds is 13. The molecule has 0 N–H and O–H groups in total. The van der Waals surface area contributed by atoms with Crippen LogP contribution >= 0.6 is 0 Å². The number of nitrogens with zero attached hydrogens (tertiary/aromatic N) is 3. The van der Waals surface area contributed by atoms with Crippen LogP contribution in [-0.4, -0.2) is 15.0 Å². The number of furan rings is 1. The molecule has 0 unspecified atom stereocenters. The molecule has 272 valence electrons. The molecule has 9 rings (SSSR count). The average molecular weight is 718 g/mol. The Kier molecular flexibility index (Phi) is 9.81. The van der Waals surface area contributed by atoms with Crippen LogP contribution < -0.4 is 0 Å². The predicted octanol–water partition coefficient (Wildman–Crippen LogP) is 14.5. The van der Waals surface area contributed by atoms with Crippen molar-refractivity contribution in [2.45, 2.75) is 78.1 Å². The lowest BCUT2D eigenvalue weighted by Gasteiger charge is -2.22. The van der Waals surface area contributed by atoms with E-state index in [1.807, 2.05) is 12.1 Å². The highest BCUT2D eigenvalue weighted by Crippen LogP contribution is 2.46. The molecule has 0 amide bonds. The first-order chi connectivity index (χ1) is 27.2. The Morgan fingerprint density at radius 2 is 0.964 bits per heavy atom. The van der Waals surface area contributed by atoms with Crippen molar-refractivity contribution in [2.75, 3.05) is 0 Å². The number of aryl methyl sites for hydroxylation is 2. The van der Waals surface area contributed by atoms with Gasteiger partial charge in [-0.2, -0.15) is 0 Å². The van der Waals surface area contributed by atoms with Crippen molar-refractivity contribution in [3.63, 3.8) is 0 Å². The fraction of sp³-hybridized carbons (Fsp3) is 0.235. The van der Waals surface area contributed by atoms with Crippen molar-refractivity contribution in [3.05, 3.63) is 139 Å². The van der Waals surface area contributed by atoms with E-state index in [0.29, 0.717) is 11.6 Å². The van der Waals surface area contributed by atoms with E-state index in [2.05, 4.69) is 129 Å². The van der Waals surface area contributed by atoms with Crippen LogP contribution in [0.5, 0.6) is 0 Å². The lowest BCUT2D eigenvalue weighted by molar-refractivity contribution is 0.663. The van der Waals surface area contributed by atoms with Crippen LogP contribution in [0.2, 0.25) is 0 Å². The summed E-state index contributed by atoms with van der Waals surface area (Å²) in [4.78, 5) is 15.9. The largest absolute Gasteiger partial charge is 0.456 e. The average Bonchev–Trinajstić information content (AvgIpc) is 3.63. The molecule has 0 spiro atoms. The fourth-order valence-electron chi connectivity index (χ4n) is 8.68. The summed E-state index contributed by atoms with van der Waals surface area (Å²) in [6, 6.07) is 45.2. The third-order valence-electron chi connectivity index (χ3n) is 11.3. The normalized spacial score (nSPS) is 11.8. The summed E-state index contributed by atoms with van der Waals surface area (Å²) in [5, 5.41) is 10.1. The molecule has 0 bridgehead atoms. The minimum Gasteiger partial charge on any atom is -0.456 e. The summed E-state index contributed by atoms with van der Waals surface area (Å²) in [5.41, 5.74) is 7.72. The summed E-state index contributed by atoms with van der Waals surface area (Å²) in [7, 11) is 0. The monoisotopic (exact) mass is 717 g/mol. The molecular formula is C51H47N3O. The maximum absolute atomic E-state index is 6.47. The summed E-state index contributed by atoms with van der Waals surface area (Å²) in [5.74, 6) is 2.18. The Balaban J connectivity index is 1.41. The first-order valence-corrected chi connectivity index (χ1v) is 20.3. The van der Waals surface area contributed by atoms with Gasteiger partial charge in [-0.25, -0.2) is 15.0 Å². The summed E-state index contributed by atoms with van der Waals surface area (Å²) in [6.45, 7) is 4.58. The van der Waals surface area contributed by atoms with E-state index in [1.54, 1.807) is 0 Å². The molecule has 2 heterocycles. The maximum atomic E-state index is 6.47. The van der Waals surface area contributed by atoms with Crippen LogP contribution in [0.15, 0.2) is 132 Å². The van der Waals surface area contributed by atoms with E-state index in [0.717, 1.165) is 59.2 Å². The zero-order chi connectivity index (χ0) is 37.1. The smallest absolute Gasteiger partial charge is 0.164 e. The zero-order valence-corrected chi connectivity index (χ0v) is 31.9. The van der Waals surface area contributed by atoms with Gasteiger partial charge in [-0.1, -0.05) is 156 Å². The highest BCUT2D eigenvalue weighted by molar-refractivity contribution is 6.35. The number of hydrogen-bond acceptors (Lipinski definition) is 4. The molecule has 0 radical (unpaired) electrons. The number of para-hydroxylation sites is 1. The van der Waals surface area contributed by atoms with Crippen molar-refractivity contribution in [3.8, 4) is 34.2 Å². The number of unbranched alkanes of at least 4 members (excludes halogenated alkanes) is 6. The standard InChI is InChI=1S/C51H47N3O/c1-3-5-7-11-25-36-33-42-39-31-32-44-48(40-28-19-20-30-43(40)55-44)47(39)38-27-18-17-26-37(38)46(42)41(29-16-8-6-4-2)45(36)51-53-49(34-21-12-9-13-22-34)52-50(54-51)35-23-14-10-15-24-35/h9-10,12-15,17-24,26-28,30-33H,3-8,11,16,25,29H2,1-2H3. The second-order valence-corrected chi connectivity index (χ2v) is 15.0. The first-order valence-electron chi connectivity index (χ1n) is 20.3. The van der Waals surface area contributed by atoms with Crippen LogP contribution in [0.4, 0.5) is 0 Å². The van der Waals surface area contributed by atoms with Crippen molar-refractivity contribution < 1.29 is 4.42 Å². The second-order valence-electron chi connectivity index (χ2n) is 15.0. The van der Waals surface area contributed by atoms with Crippen LogP contribution in [0.1, 0.15) is 76.3 Å². The van der Waals surface area contributed by atoms with E-state index >= 15 is 0 Å². The van der Waals surface area contributed by atoms with Gasteiger partial charge in [-0.05, 0) is 88.0 Å². The van der Waals surface area contributed by atoms with Crippen molar-refractivity contribution in [1.29, 1.82) is 0 Å². The molecule has 4 heteroatoms. The molecule has 2 aromatic heterocycles. The Hall–Kier alpha value is -5.87. The quantitative estimate of drug-likeness (QED) is 0.0880. The third kappa shape index (κ3) is 6.54. The highest BCUT2D eigenvalue weighted by Gasteiger charge is 2.24. The van der Waals surface area contributed by atoms with Gasteiger partial charge in [0.2, 0.25) is 0 Å². The van der Waals surface area contributed by atoms with Crippen LogP contribution in [0.25, 0.3) is 88.4 Å². The van der Waals surface area contributed by atoms with E-state index < -0.39 is 0 Å². The zero-order valence-electron chi connectivity index (χ0n) is 31.9. The minimum absolute atomic E-state index is 0.705. The van der Waals surface area contributed by atoms with Gasteiger partial charge in [0.25, 0.3) is 0 Å². The second kappa shape index (κ2) is 15.5. The topological polar surface area (TPSA) is 51.8 Å². The molecular weight excluding hydrogens is 671 g/mol. The van der Waals surface area contributed by atoms with Gasteiger partial charge in [-0.15, -0.1) is 0 Å². The first kappa shape index (κ1) is 34.9. The molecule has 7 aromatic carbocycles. The molecule has 0 saturated heterocycles. The minimum atomic E-state index is 0.705. The summed E-state index contributed by atoms with van der Waals surface area (Å²) < 4.78 is 6.47. The van der Waals surface area contributed by atoms with Gasteiger partial charge in [-0.3, -0.25) is 0 Å². The Morgan fingerprint density at radius 3 is 1.62 bits per heavy atom. The van der Waals surface area contributed by atoms with Crippen molar-refractivity contribution in [1.82, 2.24) is 15.0 Å². The maximum Gasteiger partial charge on any atom is 0.164 e.